The summed E-state index contributed by atoms with van der Waals surface area (Å²) in [6, 6.07) is 5.58. The predicted octanol–water partition coefficient (Wildman–Crippen LogP) is 5.55. The summed E-state index contributed by atoms with van der Waals surface area (Å²) in [4.78, 5) is 9.74. The number of fused-ring (bicyclic) bond motifs is 1. The number of pyridine rings is 1. The summed E-state index contributed by atoms with van der Waals surface area (Å²) in [6.45, 7) is 0. The Hall–Kier alpha value is -2.02. The van der Waals surface area contributed by atoms with Gasteiger partial charge >= 0.3 is 6.18 Å². The van der Waals surface area contributed by atoms with Crippen LogP contribution in [0.15, 0.2) is 41.6 Å². The molecule has 2 aromatic heterocycles. The summed E-state index contributed by atoms with van der Waals surface area (Å²) >= 11 is 1.76. The van der Waals surface area contributed by atoms with Gasteiger partial charge in [-0.15, -0.1) is 11.8 Å². The highest BCUT2D eigenvalue weighted by Gasteiger charge is 2.31. The highest BCUT2D eigenvalue weighted by Crippen LogP contribution is 2.37. The molecule has 3 nitrogen and oxygen atoms in total. The molecule has 0 aliphatic heterocycles. The van der Waals surface area contributed by atoms with E-state index in [1.165, 1.54) is 25.3 Å². The van der Waals surface area contributed by atoms with Crippen LogP contribution in [0.3, 0.4) is 0 Å². The summed E-state index contributed by atoms with van der Waals surface area (Å²) < 4.78 is 40.8. The minimum absolute atomic E-state index is 0.351. The van der Waals surface area contributed by atoms with E-state index in [4.69, 9.17) is 0 Å². The third-order valence-corrected chi connectivity index (χ3v) is 6.21. The van der Waals surface area contributed by atoms with Crippen LogP contribution in [-0.2, 0) is 13.2 Å². The van der Waals surface area contributed by atoms with Crippen LogP contribution in [0.2, 0.25) is 0 Å². The van der Waals surface area contributed by atoms with E-state index in [2.05, 4.69) is 9.97 Å². The Morgan fingerprint density at radius 2 is 2.04 bits per heavy atom. The lowest BCUT2D eigenvalue weighted by Gasteiger charge is -2.24. The van der Waals surface area contributed by atoms with Gasteiger partial charge in [-0.05, 0) is 43.0 Å². The first-order chi connectivity index (χ1) is 12.4. The first-order valence-electron chi connectivity index (χ1n) is 8.54. The molecule has 0 atom stereocenters. The molecular formula is C19H18F3N3S. The number of benzene rings is 1. The van der Waals surface area contributed by atoms with Crippen LogP contribution in [0, 0.1) is 5.92 Å². The van der Waals surface area contributed by atoms with E-state index >= 15 is 0 Å². The van der Waals surface area contributed by atoms with Crippen LogP contribution in [0.4, 0.5) is 13.2 Å². The second kappa shape index (κ2) is 6.61. The fourth-order valence-corrected chi connectivity index (χ4v) is 4.36. The zero-order valence-corrected chi connectivity index (χ0v) is 15.1. The van der Waals surface area contributed by atoms with Crippen LogP contribution in [0.1, 0.15) is 24.8 Å². The van der Waals surface area contributed by atoms with E-state index in [9.17, 15) is 13.2 Å². The molecule has 1 aromatic carbocycles. The monoisotopic (exact) mass is 377 g/mol. The smallest absolute Gasteiger partial charge is 0.327 e. The Kier molecular flexibility index (Phi) is 4.42. The average molecular weight is 377 g/mol. The highest BCUT2D eigenvalue weighted by atomic mass is 32.2. The number of aryl methyl sites for hydroxylation is 1. The van der Waals surface area contributed by atoms with E-state index in [0.29, 0.717) is 16.9 Å². The van der Waals surface area contributed by atoms with Gasteiger partial charge in [0, 0.05) is 35.7 Å². The molecule has 0 unspecified atom stereocenters. The SMILES string of the molecule is Cn1c(-c2ccncc2SCC2CCC2)nc2cc(C(F)(F)F)ccc21. The second-order valence-corrected chi connectivity index (χ2v) is 7.74. The lowest BCUT2D eigenvalue weighted by molar-refractivity contribution is -0.137. The van der Waals surface area contributed by atoms with Gasteiger partial charge in [0.25, 0.3) is 0 Å². The number of nitrogens with zero attached hydrogens (tertiary/aromatic N) is 3. The van der Waals surface area contributed by atoms with Crippen molar-refractivity contribution in [1.29, 1.82) is 0 Å². The molecule has 1 fully saturated rings. The molecule has 0 amide bonds. The van der Waals surface area contributed by atoms with Crippen molar-refractivity contribution in [2.75, 3.05) is 5.75 Å². The number of aromatic nitrogens is 3. The standard InChI is InChI=1S/C19H18F3N3S/c1-25-16-6-5-13(19(20,21)22)9-15(16)24-18(25)14-7-8-23-10-17(14)26-11-12-3-2-4-12/h5-10,12H,2-4,11H2,1H3. The van der Waals surface area contributed by atoms with Gasteiger partial charge in [0.2, 0.25) is 0 Å². The Morgan fingerprint density at radius 1 is 1.23 bits per heavy atom. The van der Waals surface area contributed by atoms with Crippen molar-refractivity contribution in [2.24, 2.45) is 13.0 Å². The topological polar surface area (TPSA) is 30.7 Å². The quantitative estimate of drug-likeness (QED) is 0.559. The molecule has 2 heterocycles. The zero-order valence-electron chi connectivity index (χ0n) is 14.3. The van der Waals surface area contributed by atoms with Gasteiger partial charge in [0.15, 0.2) is 0 Å². The highest BCUT2D eigenvalue weighted by molar-refractivity contribution is 7.99. The van der Waals surface area contributed by atoms with E-state index in [1.54, 1.807) is 18.0 Å². The predicted molar refractivity (Wildman–Crippen MR) is 97.0 cm³/mol. The first-order valence-corrected chi connectivity index (χ1v) is 9.53. The largest absolute Gasteiger partial charge is 0.416 e. The second-order valence-electron chi connectivity index (χ2n) is 6.68. The maximum atomic E-state index is 13.0. The molecule has 0 radical (unpaired) electrons. The lowest BCUT2D eigenvalue weighted by atomic mass is 9.87. The molecule has 0 bridgehead atoms. The summed E-state index contributed by atoms with van der Waals surface area (Å²) in [5, 5.41) is 0. The molecule has 0 N–H and O–H groups in total. The zero-order chi connectivity index (χ0) is 18.3. The van der Waals surface area contributed by atoms with Crippen molar-refractivity contribution in [1.82, 2.24) is 14.5 Å². The molecule has 0 saturated heterocycles. The molecule has 1 aliphatic carbocycles. The van der Waals surface area contributed by atoms with Gasteiger partial charge in [-0.25, -0.2) is 4.98 Å². The average Bonchev–Trinajstić information content (AvgIpc) is 2.89. The number of hydrogen-bond donors (Lipinski definition) is 0. The van der Waals surface area contributed by atoms with Crippen molar-refractivity contribution in [2.45, 2.75) is 30.3 Å². The minimum Gasteiger partial charge on any atom is -0.327 e. The number of alkyl halides is 3. The number of hydrogen-bond acceptors (Lipinski definition) is 3. The molecule has 0 spiro atoms. The fourth-order valence-electron chi connectivity index (χ4n) is 3.16. The van der Waals surface area contributed by atoms with Gasteiger partial charge in [0.05, 0.1) is 16.6 Å². The van der Waals surface area contributed by atoms with E-state index in [-0.39, 0.29) is 0 Å². The number of imidazole rings is 1. The summed E-state index contributed by atoms with van der Waals surface area (Å²) in [5.41, 5.74) is 1.27. The van der Waals surface area contributed by atoms with Crippen LogP contribution in [-0.4, -0.2) is 20.3 Å². The van der Waals surface area contributed by atoms with Gasteiger partial charge in [-0.1, -0.05) is 6.42 Å². The van der Waals surface area contributed by atoms with Crippen molar-refractivity contribution in [3.05, 3.63) is 42.2 Å². The van der Waals surface area contributed by atoms with Gasteiger partial charge < -0.3 is 4.57 Å². The molecule has 7 heteroatoms. The van der Waals surface area contributed by atoms with Crippen molar-refractivity contribution in [3.63, 3.8) is 0 Å². The number of rotatable bonds is 4. The lowest BCUT2D eigenvalue weighted by Crippen LogP contribution is -2.13. The van der Waals surface area contributed by atoms with E-state index in [0.717, 1.165) is 34.3 Å². The van der Waals surface area contributed by atoms with Crippen LogP contribution >= 0.6 is 11.8 Å². The third-order valence-electron chi connectivity index (χ3n) is 4.93. The molecule has 3 aromatic rings. The Labute approximate surface area is 153 Å². The number of thioether (sulfide) groups is 1. The van der Waals surface area contributed by atoms with Gasteiger partial charge in [-0.2, -0.15) is 13.2 Å². The summed E-state index contributed by atoms with van der Waals surface area (Å²) in [5.74, 6) is 2.46. The third kappa shape index (κ3) is 3.20. The Morgan fingerprint density at radius 3 is 2.73 bits per heavy atom. The first kappa shape index (κ1) is 17.4. The molecular weight excluding hydrogens is 359 g/mol. The molecule has 26 heavy (non-hydrogen) atoms. The van der Waals surface area contributed by atoms with Crippen LogP contribution in [0.5, 0.6) is 0 Å². The minimum atomic E-state index is -4.37. The van der Waals surface area contributed by atoms with Crippen LogP contribution in [0.25, 0.3) is 22.4 Å². The maximum Gasteiger partial charge on any atom is 0.416 e. The molecule has 136 valence electrons. The maximum absolute atomic E-state index is 13.0. The molecule has 1 saturated carbocycles. The van der Waals surface area contributed by atoms with Crippen molar-refractivity contribution < 1.29 is 13.2 Å². The fraction of sp³-hybridized carbons (Fsp3) is 0.368. The Bertz CT molecular complexity index is 945. The summed E-state index contributed by atoms with van der Waals surface area (Å²) in [6.07, 6.45) is 3.00. The number of halogens is 3. The van der Waals surface area contributed by atoms with Gasteiger partial charge in [0.1, 0.15) is 5.82 Å². The van der Waals surface area contributed by atoms with Gasteiger partial charge in [-0.3, -0.25) is 4.98 Å². The van der Waals surface area contributed by atoms with Crippen LogP contribution < -0.4 is 0 Å². The van der Waals surface area contributed by atoms with E-state index < -0.39 is 11.7 Å². The Balaban J connectivity index is 1.73. The van der Waals surface area contributed by atoms with E-state index in [1.807, 2.05) is 23.9 Å². The summed E-state index contributed by atoms with van der Waals surface area (Å²) in [7, 11) is 1.83. The molecule has 1 aliphatic rings. The normalized spacial score (nSPS) is 15.4. The van der Waals surface area contributed by atoms with Crippen molar-refractivity contribution in [3.8, 4) is 11.4 Å². The van der Waals surface area contributed by atoms with Crippen molar-refractivity contribution >= 4 is 22.8 Å². The molecule has 4 rings (SSSR count).